The summed E-state index contributed by atoms with van der Waals surface area (Å²) in [4.78, 5) is 17.3. The second-order valence-corrected chi connectivity index (χ2v) is 11.7. The van der Waals surface area contributed by atoms with E-state index in [0.29, 0.717) is 5.56 Å². The Morgan fingerprint density at radius 3 is 2.71 bits per heavy atom. The van der Waals surface area contributed by atoms with E-state index >= 15 is 0 Å². The van der Waals surface area contributed by atoms with Crippen molar-refractivity contribution in [2.45, 2.75) is 44.0 Å². The van der Waals surface area contributed by atoms with E-state index < -0.39 is 9.84 Å². The van der Waals surface area contributed by atoms with Gasteiger partial charge in [-0.2, -0.15) is 0 Å². The average Bonchev–Trinajstić information content (AvgIpc) is 3.21. The van der Waals surface area contributed by atoms with Gasteiger partial charge in [-0.05, 0) is 49.9 Å². The quantitative estimate of drug-likeness (QED) is 0.694. The van der Waals surface area contributed by atoms with Crippen LogP contribution in [0.2, 0.25) is 0 Å². The van der Waals surface area contributed by atoms with Crippen molar-refractivity contribution in [2.24, 2.45) is 4.99 Å². The molecule has 31 heavy (non-hydrogen) atoms. The highest BCUT2D eigenvalue weighted by atomic mass is 32.2. The number of aliphatic imine (C=N–C) groups is 1. The molecule has 2 aliphatic rings. The van der Waals surface area contributed by atoms with Gasteiger partial charge in [0.15, 0.2) is 15.0 Å². The number of carbonyl (C=O) groups excluding carboxylic acids is 1. The number of aryl methyl sites for hydroxylation is 2. The van der Waals surface area contributed by atoms with Gasteiger partial charge < -0.3 is 10.6 Å². The first-order chi connectivity index (χ1) is 14.8. The number of amidine groups is 1. The first-order valence-electron chi connectivity index (χ1n) is 10.5. The molecule has 1 saturated heterocycles. The molecule has 1 fully saturated rings. The Bertz CT molecular complexity index is 1100. The molecule has 0 radical (unpaired) electrons. The maximum absolute atomic E-state index is 12.8. The Kier molecular flexibility index (Phi) is 6.39. The fraction of sp³-hybridized carbons (Fsp3) is 0.391. The number of amides is 1. The zero-order valence-corrected chi connectivity index (χ0v) is 19.3. The van der Waals surface area contributed by atoms with E-state index in [2.05, 4.69) is 27.8 Å². The van der Waals surface area contributed by atoms with Crippen LogP contribution in [0.25, 0.3) is 0 Å². The van der Waals surface area contributed by atoms with E-state index in [4.69, 9.17) is 0 Å². The van der Waals surface area contributed by atoms with Crippen molar-refractivity contribution >= 4 is 38.4 Å². The largest absolute Gasteiger partial charge is 0.350 e. The summed E-state index contributed by atoms with van der Waals surface area (Å²) in [5.74, 6) is 0.199. The minimum Gasteiger partial charge on any atom is -0.350 e. The minimum absolute atomic E-state index is 0.00949. The monoisotopic (exact) mass is 457 g/mol. The summed E-state index contributed by atoms with van der Waals surface area (Å²) in [6, 6.07) is 15.7. The number of hydrogen-bond acceptors (Lipinski definition) is 6. The van der Waals surface area contributed by atoms with Crippen molar-refractivity contribution in [2.75, 3.05) is 16.8 Å². The van der Waals surface area contributed by atoms with Crippen LogP contribution in [0.4, 0.5) is 5.69 Å². The smallest absolute Gasteiger partial charge is 0.251 e. The summed E-state index contributed by atoms with van der Waals surface area (Å²) in [7, 11) is -2.97. The molecule has 164 valence electrons. The Labute approximate surface area is 187 Å². The zero-order valence-electron chi connectivity index (χ0n) is 17.7. The van der Waals surface area contributed by atoms with Gasteiger partial charge >= 0.3 is 0 Å². The van der Waals surface area contributed by atoms with E-state index in [0.717, 1.165) is 29.3 Å². The Morgan fingerprint density at radius 2 is 1.97 bits per heavy atom. The van der Waals surface area contributed by atoms with E-state index in [9.17, 15) is 13.2 Å². The van der Waals surface area contributed by atoms with Crippen LogP contribution in [-0.2, 0) is 16.3 Å². The Balaban J connectivity index is 1.36. The van der Waals surface area contributed by atoms with Crippen LogP contribution in [0.15, 0.2) is 53.5 Å². The molecule has 2 aliphatic heterocycles. The van der Waals surface area contributed by atoms with E-state index in [1.807, 2.05) is 50.2 Å². The number of nitrogens with one attached hydrogen (secondary N) is 2. The van der Waals surface area contributed by atoms with Gasteiger partial charge in [0.2, 0.25) is 0 Å². The molecule has 2 aromatic carbocycles. The first-order valence-corrected chi connectivity index (χ1v) is 13.2. The minimum atomic E-state index is -2.97. The van der Waals surface area contributed by atoms with Crippen LogP contribution in [0.3, 0.4) is 0 Å². The predicted molar refractivity (Wildman–Crippen MR) is 128 cm³/mol. The summed E-state index contributed by atoms with van der Waals surface area (Å²) in [5, 5.41) is 7.09. The third-order valence-corrected chi connectivity index (χ3v) is 8.79. The fourth-order valence-corrected chi connectivity index (χ4v) is 7.50. The number of fused-ring (bicyclic) bond motifs is 1. The Hall–Kier alpha value is -2.32. The average molecular weight is 458 g/mol. The SMILES string of the molecule is Cc1ccc(C(=O)N[C@H](C)CCc2ccccc2)cc1NC1=N[C@@H]2CS(=O)(=O)C[C@@H]2S1. The molecule has 2 aromatic rings. The van der Waals surface area contributed by atoms with Crippen LogP contribution < -0.4 is 10.6 Å². The van der Waals surface area contributed by atoms with E-state index in [-0.39, 0.29) is 34.7 Å². The lowest BCUT2D eigenvalue weighted by Crippen LogP contribution is -2.33. The normalized spacial score (nSPS) is 22.5. The molecule has 0 spiro atoms. The van der Waals surface area contributed by atoms with Crippen molar-refractivity contribution < 1.29 is 13.2 Å². The molecule has 6 nitrogen and oxygen atoms in total. The molecule has 2 heterocycles. The lowest BCUT2D eigenvalue weighted by Gasteiger charge is -2.16. The van der Waals surface area contributed by atoms with Crippen molar-refractivity contribution in [1.29, 1.82) is 0 Å². The van der Waals surface area contributed by atoms with E-state index in [1.165, 1.54) is 17.3 Å². The van der Waals surface area contributed by atoms with Crippen molar-refractivity contribution in [3.63, 3.8) is 0 Å². The molecular formula is C23H27N3O3S2. The number of anilines is 1. The predicted octanol–water partition coefficient (Wildman–Crippen LogP) is 3.43. The number of sulfone groups is 1. The molecular weight excluding hydrogens is 430 g/mol. The summed E-state index contributed by atoms with van der Waals surface area (Å²) in [6.07, 6.45) is 1.78. The van der Waals surface area contributed by atoms with Gasteiger partial charge in [-0.1, -0.05) is 48.2 Å². The number of nitrogens with zero attached hydrogens (tertiary/aromatic N) is 1. The lowest BCUT2D eigenvalue weighted by atomic mass is 10.1. The van der Waals surface area contributed by atoms with Gasteiger partial charge in [0.25, 0.3) is 5.91 Å². The molecule has 8 heteroatoms. The molecule has 0 unspecified atom stereocenters. The van der Waals surface area contributed by atoms with Crippen LogP contribution in [0.1, 0.15) is 34.8 Å². The third-order valence-electron chi connectivity index (χ3n) is 5.65. The number of hydrogen-bond donors (Lipinski definition) is 2. The summed E-state index contributed by atoms with van der Waals surface area (Å²) >= 11 is 1.48. The lowest BCUT2D eigenvalue weighted by molar-refractivity contribution is 0.0938. The van der Waals surface area contributed by atoms with Gasteiger partial charge in [0, 0.05) is 22.5 Å². The van der Waals surface area contributed by atoms with Gasteiger partial charge in [0.1, 0.15) is 0 Å². The molecule has 4 rings (SSSR count). The highest BCUT2D eigenvalue weighted by molar-refractivity contribution is 8.15. The first kappa shape index (κ1) is 21.9. The molecule has 0 aromatic heterocycles. The van der Waals surface area contributed by atoms with Gasteiger partial charge in [0.05, 0.1) is 17.5 Å². The molecule has 3 atom stereocenters. The van der Waals surface area contributed by atoms with Gasteiger partial charge in [-0.15, -0.1) is 0 Å². The zero-order chi connectivity index (χ0) is 22.0. The second kappa shape index (κ2) is 9.04. The van der Waals surface area contributed by atoms with Crippen LogP contribution in [-0.4, -0.2) is 48.3 Å². The number of thioether (sulfide) groups is 1. The summed E-state index contributed by atoms with van der Waals surface area (Å²) in [5.41, 5.74) is 3.67. The maximum Gasteiger partial charge on any atom is 0.251 e. The summed E-state index contributed by atoms with van der Waals surface area (Å²) < 4.78 is 23.5. The summed E-state index contributed by atoms with van der Waals surface area (Å²) in [6.45, 7) is 3.99. The Morgan fingerprint density at radius 1 is 1.19 bits per heavy atom. The standard InChI is InChI=1S/C23H27N3O3S2/c1-15-8-11-18(22(27)24-16(2)9-10-17-6-4-3-5-7-17)12-19(15)25-23-26-20-13-31(28,29)14-21(20)30-23/h3-8,11-12,16,20-21H,9-10,13-14H2,1-2H3,(H,24,27)(H,25,26)/t16-,20-,21+/m1/s1. The maximum atomic E-state index is 12.8. The molecule has 2 N–H and O–H groups in total. The molecule has 0 bridgehead atoms. The third kappa shape index (κ3) is 5.49. The van der Waals surface area contributed by atoms with Crippen LogP contribution in [0, 0.1) is 6.92 Å². The van der Waals surface area contributed by atoms with Gasteiger partial charge in [-0.25, -0.2) is 8.42 Å². The number of carbonyl (C=O) groups is 1. The fourth-order valence-electron chi connectivity index (χ4n) is 3.84. The van der Waals surface area contributed by atoms with Gasteiger partial charge in [-0.3, -0.25) is 9.79 Å². The topological polar surface area (TPSA) is 87.6 Å². The van der Waals surface area contributed by atoms with E-state index in [1.54, 1.807) is 0 Å². The molecule has 0 aliphatic carbocycles. The molecule has 0 saturated carbocycles. The molecule has 1 amide bonds. The van der Waals surface area contributed by atoms with Crippen LogP contribution >= 0.6 is 11.8 Å². The van der Waals surface area contributed by atoms with Crippen molar-refractivity contribution in [3.05, 3.63) is 65.2 Å². The van der Waals surface area contributed by atoms with Crippen molar-refractivity contribution in [3.8, 4) is 0 Å². The number of benzene rings is 2. The highest BCUT2D eigenvalue weighted by Crippen LogP contribution is 2.35. The number of rotatable bonds is 6. The van der Waals surface area contributed by atoms with Crippen LogP contribution in [0.5, 0.6) is 0 Å². The van der Waals surface area contributed by atoms with Crippen molar-refractivity contribution in [1.82, 2.24) is 5.32 Å². The highest BCUT2D eigenvalue weighted by Gasteiger charge is 2.42. The second-order valence-electron chi connectivity index (χ2n) is 8.29.